The Balaban J connectivity index is 1.39. The van der Waals surface area contributed by atoms with Gasteiger partial charge in [-0.05, 0) is 55.9 Å². The summed E-state index contributed by atoms with van der Waals surface area (Å²) in [6.07, 6.45) is 5.89. The molecule has 1 aliphatic heterocycles. The fourth-order valence-corrected chi connectivity index (χ4v) is 6.60. The van der Waals surface area contributed by atoms with E-state index >= 15 is 0 Å². The molecule has 1 aliphatic carbocycles. The van der Waals surface area contributed by atoms with Crippen molar-refractivity contribution < 1.29 is 19.2 Å². The summed E-state index contributed by atoms with van der Waals surface area (Å²) in [4.78, 5) is 42.6. The van der Waals surface area contributed by atoms with E-state index in [1.54, 1.807) is 35.2 Å². The molecule has 1 saturated carbocycles. The lowest BCUT2D eigenvalue weighted by atomic mass is 9.79. The highest BCUT2D eigenvalue weighted by Gasteiger charge is 2.45. The van der Waals surface area contributed by atoms with Crippen molar-refractivity contribution in [3.63, 3.8) is 0 Å². The van der Waals surface area contributed by atoms with Crippen molar-refractivity contribution in [2.75, 3.05) is 37.7 Å². The number of nitrogens with one attached hydrogen (secondary N) is 2. The fraction of sp³-hybridized carbons (Fsp3) is 0.545. The van der Waals surface area contributed by atoms with Gasteiger partial charge in [0.15, 0.2) is 0 Å². The number of anilines is 1. The molecule has 2 aromatic carbocycles. The summed E-state index contributed by atoms with van der Waals surface area (Å²) < 4.78 is 5.52. The Bertz CT molecular complexity index is 1340. The maximum Gasteiger partial charge on any atom is 0.292 e. The van der Waals surface area contributed by atoms with Gasteiger partial charge in [0.25, 0.3) is 5.69 Å². The highest BCUT2D eigenvalue weighted by atomic mass is 35.5. The van der Waals surface area contributed by atoms with Gasteiger partial charge in [-0.2, -0.15) is 5.26 Å². The minimum Gasteiger partial charge on any atom is -0.379 e. The Hall–Kier alpha value is -3.72. The minimum absolute atomic E-state index is 0.0851. The number of ether oxygens (including phenoxy) is 1. The Kier molecular flexibility index (Phi) is 12.6. The summed E-state index contributed by atoms with van der Waals surface area (Å²) in [6, 6.07) is 14.4. The second-order valence-corrected chi connectivity index (χ2v) is 12.1. The Labute approximate surface area is 270 Å². The van der Waals surface area contributed by atoms with E-state index in [0.717, 1.165) is 37.7 Å². The molecule has 45 heavy (non-hydrogen) atoms. The number of carbonyl (C=O) groups is 2. The van der Waals surface area contributed by atoms with Gasteiger partial charge < -0.3 is 20.3 Å². The molecule has 242 valence electrons. The molecule has 2 atom stereocenters. The molecule has 2 N–H and O–H groups in total. The number of benzene rings is 2. The van der Waals surface area contributed by atoms with Crippen molar-refractivity contribution in [1.82, 2.24) is 15.5 Å². The molecule has 2 amide bonds. The maximum atomic E-state index is 13.6. The van der Waals surface area contributed by atoms with Crippen molar-refractivity contribution in [3.8, 4) is 6.07 Å². The predicted molar refractivity (Wildman–Crippen MR) is 173 cm³/mol. The van der Waals surface area contributed by atoms with E-state index in [1.165, 1.54) is 6.07 Å². The quantitative estimate of drug-likeness (QED) is 0.168. The lowest BCUT2D eigenvalue weighted by molar-refractivity contribution is -0.384. The molecule has 0 bridgehead atoms. The number of rotatable bonds is 14. The van der Waals surface area contributed by atoms with E-state index in [9.17, 15) is 25.0 Å². The van der Waals surface area contributed by atoms with Gasteiger partial charge in [-0.3, -0.25) is 24.6 Å². The number of nitriles is 1. The van der Waals surface area contributed by atoms with Gasteiger partial charge in [-0.15, -0.1) is 0 Å². The SMILES string of the molecule is CCC(C(=O)NCCCC(C#N)NC(=O)C1(N2CCOCC2)CCCCC1)N(Cc1ccc(Cl)cc1)c1ccccc1[N+](=O)[O-]. The number of amides is 2. The highest BCUT2D eigenvalue weighted by Crippen LogP contribution is 2.35. The van der Waals surface area contributed by atoms with Gasteiger partial charge in [-0.25, -0.2) is 0 Å². The smallest absolute Gasteiger partial charge is 0.292 e. The van der Waals surface area contributed by atoms with Crippen LogP contribution < -0.4 is 15.5 Å². The molecular weight excluding hydrogens is 596 g/mol. The topological polar surface area (TPSA) is 141 Å². The largest absolute Gasteiger partial charge is 0.379 e. The van der Waals surface area contributed by atoms with Crippen LogP contribution in [-0.2, 0) is 20.9 Å². The van der Waals surface area contributed by atoms with Crippen molar-refractivity contribution in [1.29, 1.82) is 5.26 Å². The van der Waals surface area contributed by atoms with Crippen molar-refractivity contribution >= 4 is 34.8 Å². The zero-order chi connectivity index (χ0) is 32.2. The number of hydrogen-bond acceptors (Lipinski definition) is 8. The molecule has 0 radical (unpaired) electrons. The standard InChI is InChI=1S/C33H43ClN6O5/c1-2-28(39(24-25-12-14-26(34)15-13-25)29-10-4-5-11-30(29)40(43)44)31(41)36-18-8-9-27(23-35)37-32(42)33(16-6-3-7-17-33)38-19-21-45-22-20-38/h4-5,10-15,27-28H,2-3,6-9,16-22,24H2,1H3,(H,36,41)(H,37,42). The third kappa shape index (κ3) is 8.72. The van der Waals surface area contributed by atoms with Crippen LogP contribution in [0.4, 0.5) is 11.4 Å². The van der Waals surface area contributed by atoms with E-state index in [2.05, 4.69) is 21.6 Å². The molecule has 1 heterocycles. The van der Waals surface area contributed by atoms with Crippen LogP contribution in [0.3, 0.4) is 0 Å². The average Bonchev–Trinajstić information content (AvgIpc) is 3.07. The van der Waals surface area contributed by atoms with Gasteiger partial charge in [0.05, 0.1) is 24.2 Å². The third-order valence-corrected chi connectivity index (χ3v) is 9.12. The highest BCUT2D eigenvalue weighted by molar-refractivity contribution is 6.30. The number of nitro groups is 1. The van der Waals surface area contributed by atoms with Crippen LogP contribution in [0.5, 0.6) is 0 Å². The first-order chi connectivity index (χ1) is 21.8. The van der Waals surface area contributed by atoms with E-state index in [1.807, 2.05) is 19.1 Å². The van der Waals surface area contributed by atoms with E-state index in [0.29, 0.717) is 62.8 Å². The molecule has 1 saturated heterocycles. The van der Waals surface area contributed by atoms with Gasteiger partial charge >= 0.3 is 0 Å². The van der Waals surface area contributed by atoms with Gasteiger partial charge in [0, 0.05) is 37.3 Å². The fourth-order valence-electron chi connectivity index (χ4n) is 6.47. The number of carbonyl (C=O) groups excluding carboxylic acids is 2. The van der Waals surface area contributed by atoms with Crippen LogP contribution in [0.25, 0.3) is 0 Å². The molecule has 4 rings (SSSR count). The number of morpholine rings is 1. The molecule has 2 fully saturated rings. The zero-order valence-corrected chi connectivity index (χ0v) is 26.6. The van der Waals surface area contributed by atoms with Crippen LogP contribution >= 0.6 is 11.6 Å². The summed E-state index contributed by atoms with van der Waals surface area (Å²) >= 11 is 6.07. The molecule has 2 unspecified atom stereocenters. The average molecular weight is 639 g/mol. The normalized spacial score (nSPS) is 17.8. The lowest BCUT2D eigenvalue weighted by Gasteiger charge is -2.46. The first-order valence-corrected chi connectivity index (χ1v) is 16.2. The number of nitrogens with zero attached hydrogens (tertiary/aromatic N) is 4. The summed E-state index contributed by atoms with van der Waals surface area (Å²) in [5, 5.41) is 28.3. The van der Waals surface area contributed by atoms with Gasteiger partial charge in [-0.1, -0.05) is 62.1 Å². The predicted octanol–water partition coefficient (Wildman–Crippen LogP) is 4.97. The van der Waals surface area contributed by atoms with Gasteiger partial charge in [0.1, 0.15) is 23.3 Å². The molecule has 11 nitrogen and oxygen atoms in total. The summed E-state index contributed by atoms with van der Waals surface area (Å²) in [5.74, 6) is -0.358. The number of halogens is 1. The van der Waals surface area contributed by atoms with Crippen LogP contribution in [0.1, 0.15) is 63.9 Å². The van der Waals surface area contributed by atoms with Crippen LogP contribution in [0.15, 0.2) is 48.5 Å². The van der Waals surface area contributed by atoms with Crippen molar-refractivity contribution in [2.24, 2.45) is 0 Å². The number of hydrogen-bond donors (Lipinski definition) is 2. The van der Waals surface area contributed by atoms with Crippen molar-refractivity contribution in [2.45, 2.75) is 82.5 Å². The van der Waals surface area contributed by atoms with Crippen molar-refractivity contribution in [3.05, 3.63) is 69.2 Å². The maximum absolute atomic E-state index is 13.6. The van der Waals surface area contributed by atoms with Crippen LogP contribution in [-0.4, -0.2) is 72.1 Å². The minimum atomic E-state index is -0.687. The Morgan fingerprint density at radius 3 is 2.47 bits per heavy atom. The third-order valence-electron chi connectivity index (χ3n) is 8.87. The van der Waals surface area contributed by atoms with E-state index < -0.39 is 22.5 Å². The van der Waals surface area contributed by atoms with E-state index in [4.69, 9.17) is 16.3 Å². The second-order valence-electron chi connectivity index (χ2n) is 11.7. The monoisotopic (exact) mass is 638 g/mol. The summed E-state index contributed by atoms with van der Waals surface area (Å²) in [5.41, 5.74) is 0.513. The van der Waals surface area contributed by atoms with Gasteiger partial charge in [0.2, 0.25) is 11.8 Å². The van der Waals surface area contributed by atoms with Crippen LogP contribution in [0.2, 0.25) is 5.02 Å². The molecule has 2 aliphatic rings. The lowest BCUT2D eigenvalue weighted by Crippen LogP contribution is -2.63. The molecule has 2 aromatic rings. The number of para-hydroxylation sites is 2. The number of nitro benzene ring substituents is 1. The zero-order valence-electron chi connectivity index (χ0n) is 25.9. The van der Waals surface area contributed by atoms with E-state index in [-0.39, 0.29) is 24.0 Å². The Morgan fingerprint density at radius 1 is 1.13 bits per heavy atom. The first kappa shape index (κ1) is 34.2. The Morgan fingerprint density at radius 2 is 1.82 bits per heavy atom. The summed E-state index contributed by atoms with van der Waals surface area (Å²) in [6.45, 7) is 5.04. The summed E-state index contributed by atoms with van der Waals surface area (Å²) in [7, 11) is 0. The first-order valence-electron chi connectivity index (χ1n) is 15.8. The molecule has 12 heteroatoms. The second kappa shape index (κ2) is 16.5. The van der Waals surface area contributed by atoms with Crippen LogP contribution in [0, 0.1) is 21.4 Å². The molecule has 0 aromatic heterocycles. The molecule has 0 spiro atoms. The molecular formula is C33H43ClN6O5.